The number of nitrogens with zero attached hydrogens (tertiary/aromatic N) is 8. The van der Waals surface area contributed by atoms with Gasteiger partial charge in [0.15, 0.2) is 11.5 Å². The summed E-state index contributed by atoms with van der Waals surface area (Å²) in [7, 11) is 6.14. The molecule has 0 amide bonds. The van der Waals surface area contributed by atoms with Crippen molar-refractivity contribution in [3.8, 4) is 0 Å². The van der Waals surface area contributed by atoms with E-state index in [4.69, 9.17) is 4.98 Å². The second-order valence-corrected chi connectivity index (χ2v) is 11.3. The highest BCUT2D eigenvalue weighted by Gasteiger charge is 2.23. The van der Waals surface area contributed by atoms with Crippen LogP contribution >= 0.6 is 0 Å². The molecule has 0 aliphatic carbocycles. The van der Waals surface area contributed by atoms with Crippen LogP contribution < -0.4 is 15.8 Å². The van der Waals surface area contributed by atoms with Gasteiger partial charge < -0.3 is 20.1 Å². The summed E-state index contributed by atoms with van der Waals surface area (Å²) in [5, 5.41) is 11.2. The predicted octanol–water partition coefficient (Wildman–Crippen LogP) is 3.79. The molecule has 0 atom stereocenters. The van der Waals surface area contributed by atoms with Crippen molar-refractivity contribution in [1.82, 2.24) is 34.2 Å². The van der Waals surface area contributed by atoms with E-state index in [1.807, 2.05) is 33.0 Å². The van der Waals surface area contributed by atoms with Crippen molar-refractivity contribution in [3.63, 3.8) is 0 Å². The van der Waals surface area contributed by atoms with Crippen LogP contribution in [0.15, 0.2) is 65.3 Å². The zero-order valence-corrected chi connectivity index (χ0v) is 25.5. The first-order valence-corrected chi connectivity index (χ1v) is 14.5. The fourth-order valence-electron chi connectivity index (χ4n) is 5.36. The van der Waals surface area contributed by atoms with Crippen LogP contribution in [0.4, 0.5) is 17.3 Å². The van der Waals surface area contributed by atoms with Gasteiger partial charge in [0.1, 0.15) is 11.7 Å². The van der Waals surface area contributed by atoms with Crippen molar-refractivity contribution in [3.05, 3.63) is 65.8 Å². The van der Waals surface area contributed by atoms with E-state index < -0.39 is 0 Å². The molecule has 0 saturated carbocycles. The molecule has 1 fully saturated rings. The van der Waals surface area contributed by atoms with E-state index in [1.165, 1.54) is 22.6 Å². The molecule has 2 N–H and O–H groups in total. The number of H-pyrrole nitrogens is 1. The lowest BCUT2D eigenvalue weighted by molar-refractivity contribution is -0.104. The SMILES string of the molecule is C=CCn1c(=O)c2cnc(Nc3ccc4c(N5CCC(N(C)C)CC5)c[nH]c4c3)nc2n1C(/C=C\C=O)=N/N(C)C(C)C. The molecule has 1 saturated heterocycles. The molecule has 4 heterocycles. The molecule has 1 aliphatic rings. The summed E-state index contributed by atoms with van der Waals surface area (Å²) >= 11 is 0. The number of rotatable bonds is 10. The molecule has 0 spiro atoms. The quantitative estimate of drug-likeness (QED) is 0.0722. The second-order valence-electron chi connectivity index (χ2n) is 11.3. The first-order chi connectivity index (χ1) is 20.7. The third-order valence-corrected chi connectivity index (χ3v) is 7.98. The third-order valence-electron chi connectivity index (χ3n) is 7.98. The van der Waals surface area contributed by atoms with Gasteiger partial charge in [-0.1, -0.05) is 6.08 Å². The Morgan fingerprint density at radius 1 is 1.23 bits per heavy atom. The number of piperidine rings is 1. The topological polar surface area (TPSA) is 120 Å². The van der Waals surface area contributed by atoms with Gasteiger partial charge in [-0.25, -0.2) is 14.3 Å². The molecule has 0 unspecified atom stereocenters. The Balaban J connectivity index is 1.49. The van der Waals surface area contributed by atoms with E-state index in [-0.39, 0.29) is 18.1 Å². The first kappa shape index (κ1) is 29.8. The minimum atomic E-state index is -0.282. The number of hydrogen-bond donors (Lipinski definition) is 2. The Morgan fingerprint density at radius 3 is 2.67 bits per heavy atom. The summed E-state index contributed by atoms with van der Waals surface area (Å²) < 4.78 is 3.08. The monoisotopic (exact) mass is 584 g/mol. The Labute approximate surface area is 251 Å². The number of allylic oxidation sites excluding steroid dienone is 3. The molecule has 1 aliphatic heterocycles. The van der Waals surface area contributed by atoms with Crippen LogP contribution in [-0.4, -0.2) is 92.7 Å². The molecule has 12 heteroatoms. The lowest BCUT2D eigenvalue weighted by atomic mass is 10.0. The van der Waals surface area contributed by atoms with Gasteiger partial charge in [0.25, 0.3) is 5.56 Å². The number of carbonyl (C=O) groups excluding carboxylic acids is 1. The third kappa shape index (κ3) is 6.09. The summed E-state index contributed by atoms with van der Waals surface area (Å²) in [6.45, 7) is 10.1. The average molecular weight is 585 g/mol. The summed E-state index contributed by atoms with van der Waals surface area (Å²) in [5.41, 5.74) is 3.11. The average Bonchev–Trinajstić information content (AvgIpc) is 3.53. The van der Waals surface area contributed by atoms with Crippen LogP contribution in [-0.2, 0) is 11.3 Å². The largest absolute Gasteiger partial charge is 0.370 e. The van der Waals surface area contributed by atoms with E-state index >= 15 is 0 Å². The molecule has 226 valence electrons. The maximum atomic E-state index is 13.4. The molecular weight excluding hydrogens is 544 g/mol. The number of aromatic amines is 1. The normalized spacial score (nSPS) is 15.0. The second kappa shape index (κ2) is 12.7. The molecule has 1 aromatic carbocycles. The molecule has 5 rings (SSSR count). The Kier molecular flexibility index (Phi) is 8.76. The fraction of sp³-hybridized carbons (Fsp3) is 0.387. The molecule has 0 radical (unpaired) electrons. The van der Waals surface area contributed by atoms with Gasteiger partial charge in [-0.2, -0.15) is 10.1 Å². The van der Waals surface area contributed by atoms with Gasteiger partial charge >= 0.3 is 0 Å². The number of benzene rings is 1. The van der Waals surface area contributed by atoms with E-state index in [0.717, 1.165) is 42.5 Å². The Morgan fingerprint density at radius 2 is 2.00 bits per heavy atom. The minimum Gasteiger partial charge on any atom is -0.370 e. The molecular formula is C31H40N10O2. The maximum absolute atomic E-state index is 13.4. The van der Waals surface area contributed by atoms with E-state index in [2.05, 4.69) is 63.1 Å². The van der Waals surface area contributed by atoms with Gasteiger partial charge in [0.2, 0.25) is 5.95 Å². The predicted molar refractivity (Wildman–Crippen MR) is 173 cm³/mol. The molecule has 12 nitrogen and oxygen atoms in total. The highest BCUT2D eigenvalue weighted by molar-refractivity contribution is 6.01. The maximum Gasteiger partial charge on any atom is 0.278 e. The number of fused-ring (bicyclic) bond motifs is 2. The van der Waals surface area contributed by atoms with Crippen LogP contribution in [0.3, 0.4) is 0 Å². The zero-order valence-electron chi connectivity index (χ0n) is 25.5. The van der Waals surface area contributed by atoms with Crippen molar-refractivity contribution in [2.75, 3.05) is 44.4 Å². The highest BCUT2D eigenvalue weighted by atomic mass is 16.1. The van der Waals surface area contributed by atoms with Crippen LogP contribution in [0.2, 0.25) is 0 Å². The molecule has 3 aromatic heterocycles. The van der Waals surface area contributed by atoms with Crippen LogP contribution in [0.25, 0.3) is 21.9 Å². The van der Waals surface area contributed by atoms with Crippen LogP contribution in [0.5, 0.6) is 0 Å². The highest BCUT2D eigenvalue weighted by Crippen LogP contribution is 2.31. The smallest absolute Gasteiger partial charge is 0.278 e. The standard InChI is InChI=1S/C31H40N10O2/c1-7-14-40-30(43)25-19-33-31(35-29(25)41(40)28(9-8-17-42)36-38(6)21(2)3)34-22-10-11-24-26(18-22)32-20-27(24)39-15-12-23(13-16-39)37(4)5/h7-11,17-21,23,32H,1,12-16H2,2-6H3,(H,33,34,35)/b9-8-,36-28+. The van der Waals surface area contributed by atoms with Crippen molar-refractivity contribution in [2.24, 2.45) is 5.10 Å². The fourth-order valence-corrected chi connectivity index (χ4v) is 5.36. The summed E-state index contributed by atoms with van der Waals surface area (Å²) in [5.74, 6) is 0.682. The lowest BCUT2D eigenvalue weighted by Gasteiger charge is -2.36. The van der Waals surface area contributed by atoms with E-state index in [1.54, 1.807) is 21.8 Å². The van der Waals surface area contributed by atoms with Crippen LogP contribution in [0.1, 0.15) is 26.7 Å². The van der Waals surface area contributed by atoms with Gasteiger partial charge in [-0.15, -0.1) is 6.58 Å². The van der Waals surface area contributed by atoms with Gasteiger partial charge in [0.05, 0.1) is 12.2 Å². The number of aldehydes is 1. The van der Waals surface area contributed by atoms with Crippen molar-refractivity contribution < 1.29 is 4.79 Å². The first-order valence-electron chi connectivity index (χ1n) is 14.5. The molecule has 4 aromatic rings. The Bertz CT molecular complexity index is 1730. The summed E-state index contributed by atoms with van der Waals surface area (Å²) in [6.07, 6.45) is 11.1. The Hall–Kier alpha value is -4.71. The number of anilines is 3. The number of carbonyl (C=O) groups is 1. The van der Waals surface area contributed by atoms with E-state index in [0.29, 0.717) is 35.1 Å². The zero-order chi connectivity index (χ0) is 30.7. The van der Waals surface area contributed by atoms with Crippen LogP contribution in [0, 0.1) is 0 Å². The number of hydrazone groups is 1. The van der Waals surface area contributed by atoms with Crippen molar-refractivity contribution in [2.45, 2.75) is 45.3 Å². The summed E-state index contributed by atoms with van der Waals surface area (Å²) in [4.78, 5) is 42.0. The molecule has 43 heavy (non-hydrogen) atoms. The van der Waals surface area contributed by atoms with Gasteiger partial charge in [0, 0.05) is 61.2 Å². The summed E-state index contributed by atoms with van der Waals surface area (Å²) in [6, 6.07) is 6.85. The minimum absolute atomic E-state index is 0.0844. The number of aromatic nitrogens is 5. The van der Waals surface area contributed by atoms with Gasteiger partial charge in [-0.3, -0.25) is 14.6 Å². The number of nitrogens with one attached hydrogen (secondary N) is 2. The molecule has 0 bridgehead atoms. The van der Waals surface area contributed by atoms with E-state index in [9.17, 15) is 9.59 Å². The lowest BCUT2D eigenvalue weighted by Crippen LogP contribution is -2.41. The van der Waals surface area contributed by atoms with Gasteiger partial charge in [-0.05, 0) is 71.1 Å². The van der Waals surface area contributed by atoms with Crippen molar-refractivity contribution in [1.29, 1.82) is 0 Å². The van der Waals surface area contributed by atoms with Crippen molar-refractivity contribution >= 4 is 51.4 Å². The number of hydrogen-bond acceptors (Lipinski definition) is 9.